The number of rotatable bonds is 6. The molecule has 0 saturated heterocycles. The van der Waals surface area contributed by atoms with Crippen LogP contribution in [0.15, 0.2) is 40.2 Å². The summed E-state index contributed by atoms with van der Waals surface area (Å²) in [6.45, 7) is 3.56. The molecule has 0 spiro atoms. The molecule has 102 valence electrons. The van der Waals surface area contributed by atoms with E-state index in [9.17, 15) is 4.39 Å². The van der Waals surface area contributed by atoms with E-state index >= 15 is 0 Å². The van der Waals surface area contributed by atoms with Gasteiger partial charge in [-0.05, 0) is 52.5 Å². The van der Waals surface area contributed by atoms with Gasteiger partial charge in [-0.2, -0.15) is 0 Å². The maximum Gasteiger partial charge on any atom is 0.134 e. The van der Waals surface area contributed by atoms with Crippen molar-refractivity contribution in [3.8, 4) is 5.75 Å². The Morgan fingerprint density at radius 1 is 1.42 bits per heavy atom. The molecule has 1 aromatic carbocycles. The molecule has 0 aliphatic carbocycles. The Labute approximate surface area is 124 Å². The fourth-order valence-electron chi connectivity index (χ4n) is 1.64. The summed E-state index contributed by atoms with van der Waals surface area (Å²) >= 11 is 5.02. The van der Waals surface area contributed by atoms with Crippen LogP contribution in [0.5, 0.6) is 5.75 Å². The number of ether oxygens (including phenoxy) is 1. The molecule has 19 heavy (non-hydrogen) atoms. The highest BCUT2D eigenvalue weighted by Crippen LogP contribution is 2.26. The molecular formula is C14H15BrFNOS. The van der Waals surface area contributed by atoms with E-state index in [0.29, 0.717) is 10.2 Å². The Hall–Kier alpha value is -0.910. The van der Waals surface area contributed by atoms with Gasteiger partial charge in [0.05, 0.1) is 4.47 Å². The van der Waals surface area contributed by atoms with Crippen LogP contribution in [0.4, 0.5) is 4.39 Å². The molecule has 1 aromatic heterocycles. The van der Waals surface area contributed by atoms with E-state index in [0.717, 1.165) is 13.1 Å². The molecule has 0 saturated carbocycles. The molecule has 1 unspecified atom stereocenters. The van der Waals surface area contributed by atoms with Crippen LogP contribution >= 0.6 is 27.3 Å². The van der Waals surface area contributed by atoms with Crippen molar-refractivity contribution in [1.82, 2.24) is 5.32 Å². The summed E-state index contributed by atoms with van der Waals surface area (Å²) in [5.41, 5.74) is 0. The Morgan fingerprint density at radius 2 is 2.26 bits per heavy atom. The van der Waals surface area contributed by atoms with E-state index in [1.165, 1.54) is 17.0 Å². The van der Waals surface area contributed by atoms with Crippen LogP contribution in [0.2, 0.25) is 0 Å². The summed E-state index contributed by atoms with van der Waals surface area (Å²) in [5.74, 6) is 0.384. The number of benzene rings is 1. The first kappa shape index (κ1) is 14.5. The lowest BCUT2D eigenvalue weighted by atomic mass is 10.3. The van der Waals surface area contributed by atoms with Crippen molar-refractivity contribution in [2.75, 3.05) is 6.54 Å². The number of halogens is 2. The Bertz CT molecular complexity index is 518. The maximum absolute atomic E-state index is 12.9. The predicted molar refractivity (Wildman–Crippen MR) is 80.2 cm³/mol. The van der Waals surface area contributed by atoms with Crippen molar-refractivity contribution >= 4 is 27.3 Å². The summed E-state index contributed by atoms with van der Waals surface area (Å²) in [7, 11) is 0. The lowest BCUT2D eigenvalue weighted by Gasteiger charge is -2.16. The van der Waals surface area contributed by atoms with Crippen molar-refractivity contribution in [1.29, 1.82) is 0 Å². The smallest absolute Gasteiger partial charge is 0.134 e. The van der Waals surface area contributed by atoms with Crippen molar-refractivity contribution in [3.63, 3.8) is 0 Å². The second-order valence-electron chi connectivity index (χ2n) is 4.21. The molecule has 5 heteroatoms. The molecule has 2 rings (SSSR count). The fourth-order valence-corrected chi connectivity index (χ4v) is 2.76. The van der Waals surface area contributed by atoms with Gasteiger partial charge in [0.15, 0.2) is 0 Å². The van der Waals surface area contributed by atoms with E-state index in [4.69, 9.17) is 4.74 Å². The predicted octanol–water partition coefficient (Wildman–Crippen LogP) is 4.21. The normalized spacial score (nSPS) is 12.4. The number of nitrogens with one attached hydrogen (secondary N) is 1. The number of thiophene rings is 1. The zero-order chi connectivity index (χ0) is 13.7. The second kappa shape index (κ2) is 7.03. The highest BCUT2D eigenvalue weighted by atomic mass is 79.9. The third kappa shape index (κ3) is 4.60. The summed E-state index contributed by atoms with van der Waals surface area (Å²) in [6, 6.07) is 8.57. The second-order valence-corrected chi connectivity index (χ2v) is 6.10. The van der Waals surface area contributed by atoms with Crippen LogP contribution in [-0.4, -0.2) is 12.6 Å². The minimum absolute atomic E-state index is 0.0155. The van der Waals surface area contributed by atoms with Gasteiger partial charge in [0.25, 0.3) is 0 Å². The van der Waals surface area contributed by atoms with Gasteiger partial charge in [0.1, 0.15) is 17.7 Å². The molecule has 2 nitrogen and oxygen atoms in total. The van der Waals surface area contributed by atoms with Gasteiger partial charge in [0.2, 0.25) is 0 Å². The molecule has 0 radical (unpaired) electrons. The third-order valence-electron chi connectivity index (χ3n) is 2.53. The van der Waals surface area contributed by atoms with Crippen molar-refractivity contribution in [3.05, 3.63) is 50.9 Å². The minimum Gasteiger partial charge on any atom is -0.488 e. The first-order valence-corrected chi connectivity index (χ1v) is 7.67. The van der Waals surface area contributed by atoms with E-state index in [2.05, 4.69) is 32.7 Å². The lowest BCUT2D eigenvalue weighted by Crippen LogP contribution is -2.28. The molecule has 2 aromatic rings. The van der Waals surface area contributed by atoms with E-state index in [1.807, 2.05) is 13.0 Å². The van der Waals surface area contributed by atoms with Crippen LogP contribution in [0.25, 0.3) is 0 Å². The van der Waals surface area contributed by atoms with Crippen LogP contribution in [0.3, 0.4) is 0 Å². The van der Waals surface area contributed by atoms with Gasteiger partial charge in [-0.25, -0.2) is 4.39 Å². The molecule has 1 N–H and O–H groups in total. The van der Waals surface area contributed by atoms with Crippen LogP contribution in [-0.2, 0) is 6.54 Å². The van der Waals surface area contributed by atoms with Crippen molar-refractivity contribution < 1.29 is 9.13 Å². The van der Waals surface area contributed by atoms with Crippen molar-refractivity contribution in [2.24, 2.45) is 0 Å². The number of hydrogen-bond donors (Lipinski definition) is 1. The lowest BCUT2D eigenvalue weighted by molar-refractivity contribution is 0.215. The molecule has 1 atom stereocenters. The Morgan fingerprint density at radius 3 is 2.95 bits per heavy atom. The largest absolute Gasteiger partial charge is 0.488 e. The van der Waals surface area contributed by atoms with Gasteiger partial charge in [-0.3, -0.25) is 0 Å². The zero-order valence-electron chi connectivity index (χ0n) is 10.5. The van der Waals surface area contributed by atoms with Gasteiger partial charge < -0.3 is 10.1 Å². The van der Waals surface area contributed by atoms with Crippen molar-refractivity contribution in [2.45, 2.75) is 19.6 Å². The van der Waals surface area contributed by atoms with Gasteiger partial charge in [-0.15, -0.1) is 11.3 Å². The monoisotopic (exact) mass is 343 g/mol. The molecule has 0 bridgehead atoms. The van der Waals surface area contributed by atoms with Crippen LogP contribution < -0.4 is 10.1 Å². The average molecular weight is 344 g/mol. The minimum atomic E-state index is -0.275. The van der Waals surface area contributed by atoms with Crippen LogP contribution in [0, 0.1) is 5.82 Å². The Balaban J connectivity index is 1.79. The molecule has 1 heterocycles. The summed E-state index contributed by atoms with van der Waals surface area (Å²) in [6.07, 6.45) is 0.0155. The molecule has 0 amide bonds. The summed E-state index contributed by atoms with van der Waals surface area (Å²) in [5, 5.41) is 5.40. The maximum atomic E-state index is 12.9. The van der Waals surface area contributed by atoms with E-state index in [-0.39, 0.29) is 11.9 Å². The van der Waals surface area contributed by atoms with Crippen LogP contribution in [0.1, 0.15) is 11.8 Å². The summed E-state index contributed by atoms with van der Waals surface area (Å²) in [4.78, 5) is 1.30. The zero-order valence-corrected chi connectivity index (χ0v) is 12.9. The summed E-state index contributed by atoms with van der Waals surface area (Å²) < 4.78 is 19.3. The first-order valence-electron chi connectivity index (χ1n) is 6.00. The van der Waals surface area contributed by atoms with Gasteiger partial charge >= 0.3 is 0 Å². The molecular weight excluding hydrogens is 329 g/mol. The van der Waals surface area contributed by atoms with Gasteiger partial charge in [-0.1, -0.05) is 6.07 Å². The fraction of sp³-hybridized carbons (Fsp3) is 0.286. The quantitative estimate of drug-likeness (QED) is 0.848. The number of hydrogen-bond acceptors (Lipinski definition) is 3. The molecule has 0 aliphatic heterocycles. The third-order valence-corrected chi connectivity index (χ3v) is 4.03. The Kier molecular flexibility index (Phi) is 5.36. The standard InChI is InChI=1S/C14H15BrFNOS/c1-10(8-17-9-12-3-2-6-19-12)18-14-5-4-11(16)7-13(14)15/h2-7,10,17H,8-9H2,1H3. The molecule has 0 aliphatic rings. The van der Waals surface area contributed by atoms with E-state index in [1.54, 1.807) is 17.4 Å². The average Bonchev–Trinajstić information content (AvgIpc) is 2.86. The first-order chi connectivity index (χ1) is 9.15. The highest BCUT2D eigenvalue weighted by molar-refractivity contribution is 9.10. The SMILES string of the molecule is CC(CNCc1cccs1)Oc1ccc(F)cc1Br. The van der Waals surface area contributed by atoms with Gasteiger partial charge in [0, 0.05) is 18.0 Å². The molecule has 0 fully saturated rings. The topological polar surface area (TPSA) is 21.3 Å². The van der Waals surface area contributed by atoms with E-state index < -0.39 is 0 Å². The highest BCUT2D eigenvalue weighted by Gasteiger charge is 2.08.